The fraction of sp³-hybridized carbons (Fsp3) is 0.409. The van der Waals surface area contributed by atoms with Crippen LogP contribution in [0.15, 0.2) is 53.4 Å². The Morgan fingerprint density at radius 3 is 2.38 bits per heavy atom. The van der Waals surface area contributed by atoms with Crippen LogP contribution in [0.4, 0.5) is 0 Å². The second-order valence-electron chi connectivity index (χ2n) is 6.83. The van der Waals surface area contributed by atoms with Crippen LogP contribution in [0.3, 0.4) is 0 Å². The van der Waals surface area contributed by atoms with Crippen LogP contribution in [0.5, 0.6) is 5.75 Å². The Hall–Kier alpha value is -1.94. The minimum atomic E-state index is 0.00873. The van der Waals surface area contributed by atoms with E-state index < -0.39 is 0 Å². The van der Waals surface area contributed by atoms with Crippen LogP contribution in [0.2, 0.25) is 0 Å². The van der Waals surface area contributed by atoms with Gasteiger partial charge in [0.1, 0.15) is 5.75 Å². The molecule has 0 aliphatic rings. The molecule has 0 saturated heterocycles. The summed E-state index contributed by atoms with van der Waals surface area (Å²) in [4.78, 5) is 13.5. The third-order valence-electron chi connectivity index (χ3n) is 3.72. The smallest absolute Gasteiger partial charge is 0.252 e. The van der Waals surface area contributed by atoms with Crippen molar-refractivity contribution >= 4 is 17.7 Å². The van der Waals surface area contributed by atoms with Gasteiger partial charge < -0.3 is 10.1 Å². The molecule has 4 heteroatoms. The van der Waals surface area contributed by atoms with E-state index in [0.29, 0.717) is 11.8 Å². The molecule has 0 aliphatic carbocycles. The highest BCUT2D eigenvalue weighted by Crippen LogP contribution is 2.26. The lowest BCUT2D eigenvalue weighted by Gasteiger charge is -2.12. The molecule has 2 aromatic rings. The summed E-state index contributed by atoms with van der Waals surface area (Å²) in [5.41, 5.74) is 2.02. The summed E-state index contributed by atoms with van der Waals surface area (Å²) in [7, 11) is 0. The first kappa shape index (κ1) is 20.4. The number of thioether (sulfide) groups is 1. The molecule has 0 spiro atoms. The molecule has 0 radical (unpaired) electrons. The zero-order valence-corrected chi connectivity index (χ0v) is 16.9. The van der Waals surface area contributed by atoms with Gasteiger partial charge in [0.25, 0.3) is 5.91 Å². The lowest BCUT2D eigenvalue weighted by atomic mass is 10.1. The summed E-state index contributed by atoms with van der Waals surface area (Å²) in [6.45, 7) is 8.99. The van der Waals surface area contributed by atoms with Crippen LogP contribution in [0.25, 0.3) is 0 Å². The molecule has 26 heavy (non-hydrogen) atoms. The highest BCUT2D eigenvalue weighted by molar-refractivity contribution is 8.00. The Morgan fingerprint density at radius 2 is 1.73 bits per heavy atom. The highest BCUT2D eigenvalue weighted by Gasteiger charge is 2.11. The summed E-state index contributed by atoms with van der Waals surface area (Å²) in [6, 6.07) is 16.0. The summed E-state index contributed by atoms with van der Waals surface area (Å²) in [6.07, 6.45) is 2.04. The van der Waals surface area contributed by atoms with Crippen molar-refractivity contribution < 1.29 is 9.53 Å². The summed E-state index contributed by atoms with van der Waals surface area (Å²) in [5.74, 6) is 0.908. The third kappa shape index (κ3) is 6.75. The van der Waals surface area contributed by atoms with Gasteiger partial charge in [0.15, 0.2) is 0 Å². The molecule has 0 atom stereocenters. The maximum atomic E-state index is 12.5. The van der Waals surface area contributed by atoms with E-state index in [4.69, 9.17) is 4.74 Å². The number of ether oxygens (including phenoxy) is 1. The molecule has 0 aromatic heterocycles. The maximum absolute atomic E-state index is 12.5. The number of amides is 1. The summed E-state index contributed by atoms with van der Waals surface area (Å²) in [5, 5.41) is 3.49. The topological polar surface area (TPSA) is 38.3 Å². The Morgan fingerprint density at radius 1 is 1.04 bits per heavy atom. The van der Waals surface area contributed by atoms with Crippen molar-refractivity contribution in [1.82, 2.24) is 5.32 Å². The van der Waals surface area contributed by atoms with Gasteiger partial charge in [-0.1, -0.05) is 38.1 Å². The van der Waals surface area contributed by atoms with Crippen molar-refractivity contribution in [3.63, 3.8) is 0 Å². The van der Waals surface area contributed by atoms with Crippen LogP contribution in [0.1, 0.15) is 50.0 Å². The fourth-order valence-electron chi connectivity index (χ4n) is 2.61. The first-order valence-corrected chi connectivity index (χ1v) is 10.1. The normalized spacial score (nSPS) is 11.0. The van der Waals surface area contributed by atoms with Gasteiger partial charge in [0, 0.05) is 16.7 Å². The van der Waals surface area contributed by atoms with Gasteiger partial charge in [-0.25, -0.2) is 0 Å². The molecule has 0 aliphatic heterocycles. The molecular formula is C22H29NO2S. The zero-order chi connectivity index (χ0) is 18.9. The number of aryl methyl sites for hydroxylation is 1. The number of nitrogens with one attached hydrogen (secondary N) is 1. The highest BCUT2D eigenvalue weighted by atomic mass is 32.2. The van der Waals surface area contributed by atoms with Gasteiger partial charge in [0.05, 0.1) is 11.7 Å². The molecule has 0 heterocycles. The molecule has 2 rings (SSSR count). The van der Waals surface area contributed by atoms with E-state index in [0.717, 1.165) is 29.1 Å². The molecule has 140 valence electrons. The Balaban J connectivity index is 1.80. The molecule has 3 nitrogen and oxygen atoms in total. The molecule has 0 bridgehead atoms. The van der Waals surface area contributed by atoms with E-state index in [1.807, 2.05) is 50.2 Å². The second-order valence-corrected chi connectivity index (χ2v) is 8.45. The number of carbonyl (C=O) groups is 1. The monoisotopic (exact) mass is 371 g/mol. The predicted molar refractivity (Wildman–Crippen MR) is 110 cm³/mol. The number of rotatable bonds is 9. The quantitative estimate of drug-likeness (QED) is 0.478. The van der Waals surface area contributed by atoms with Gasteiger partial charge >= 0.3 is 0 Å². The molecule has 1 N–H and O–H groups in total. The SMILES string of the molecule is CC(C)Oc1ccc(CCCNC(=O)c2ccccc2SC(C)C)cc1. The van der Waals surface area contributed by atoms with Crippen molar-refractivity contribution in [1.29, 1.82) is 0 Å². The van der Waals surface area contributed by atoms with E-state index in [-0.39, 0.29) is 12.0 Å². The Kier molecular flexibility index (Phi) is 8.05. The van der Waals surface area contributed by atoms with E-state index in [9.17, 15) is 4.79 Å². The molecule has 0 unspecified atom stereocenters. The molecule has 2 aromatic carbocycles. The van der Waals surface area contributed by atoms with Crippen LogP contribution in [0, 0.1) is 0 Å². The van der Waals surface area contributed by atoms with Crippen molar-refractivity contribution in [2.24, 2.45) is 0 Å². The molecular weight excluding hydrogens is 342 g/mol. The predicted octanol–water partition coefficient (Wildman–Crippen LogP) is 5.34. The average Bonchev–Trinajstić information content (AvgIpc) is 2.59. The fourth-order valence-corrected chi connectivity index (χ4v) is 3.56. The van der Waals surface area contributed by atoms with Gasteiger partial charge in [-0.05, 0) is 56.5 Å². The zero-order valence-electron chi connectivity index (χ0n) is 16.1. The number of hydrogen-bond donors (Lipinski definition) is 1. The standard InChI is InChI=1S/C22H29NO2S/c1-16(2)25-19-13-11-18(12-14-19)8-7-15-23-22(24)20-9-5-6-10-21(20)26-17(3)4/h5-6,9-14,16-17H,7-8,15H2,1-4H3,(H,23,24). The lowest BCUT2D eigenvalue weighted by Crippen LogP contribution is -2.25. The minimum Gasteiger partial charge on any atom is -0.491 e. The Labute approximate surface area is 161 Å². The van der Waals surface area contributed by atoms with Gasteiger partial charge in [-0.3, -0.25) is 4.79 Å². The summed E-state index contributed by atoms with van der Waals surface area (Å²) >= 11 is 1.72. The third-order valence-corrected chi connectivity index (χ3v) is 4.80. The maximum Gasteiger partial charge on any atom is 0.252 e. The van der Waals surface area contributed by atoms with E-state index in [2.05, 4.69) is 31.3 Å². The average molecular weight is 372 g/mol. The van der Waals surface area contributed by atoms with Crippen LogP contribution >= 0.6 is 11.8 Å². The largest absolute Gasteiger partial charge is 0.491 e. The van der Waals surface area contributed by atoms with Crippen LogP contribution in [-0.2, 0) is 6.42 Å². The van der Waals surface area contributed by atoms with Crippen LogP contribution < -0.4 is 10.1 Å². The van der Waals surface area contributed by atoms with E-state index >= 15 is 0 Å². The van der Waals surface area contributed by atoms with Gasteiger partial charge in [-0.2, -0.15) is 0 Å². The molecule has 0 fully saturated rings. The first-order chi connectivity index (χ1) is 12.5. The van der Waals surface area contributed by atoms with Crippen molar-refractivity contribution in [2.45, 2.75) is 56.8 Å². The van der Waals surface area contributed by atoms with Gasteiger partial charge in [0.2, 0.25) is 0 Å². The number of hydrogen-bond acceptors (Lipinski definition) is 3. The molecule has 0 saturated carbocycles. The van der Waals surface area contributed by atoms with E-state index in [1.165, 1.54) is 5.56 Å². The van der Waals surface area contributed by atoms with E-state index in [1.54, 1.807) is 11.8 Å². The number of carbonyl (C=O) groups excluding carboxylic acids is 1. The minimum absolute atomic E-state index is 0.00873. The van der Waals surface area contributed by atoms with Crippen molar-refractivity contribution in [2.75, 3.05) is 6.54 Å². The molecule has 1 amide bonds. The Bertz CT molecular complexity index is 696. The lowest BCUT2D eigenvalue weighted by molar-refractivity contribution is 0.0950. The van der Waals surface area contributed by atoms with Gasteiger partial charge in [-0.15, -0.1) is 11.8 Å². The van der Waals surface area contributed by atoms with Crippen molar-refractivity contribution in [3.05, 3.63) is 59.7 Å². The number of benzene rings is 2. The second kappa shape index (κ2) is 10.3. The van der Waals surface area contributed by atoms with Crippen molar-refractivity contribution in [3.8, 4) is 5.75 Å². The first-order valence-electron chi connectivity index (χ1n) is 9.25. The summed E-state index contributed by atoms with van der Waals surface area (Å²) < 4.78 is 5.65. The van der Waals surface area contributed by atoms with Crippen LogP contribution in [-0.4, -0.2) is 23.8 Å².